The molecule has 2 aromatic rings. The number of anilines is 1. The fraction of sp³-hybridized carbons (Fsp3) is 0.267. The second-order valence-electron chi connectivity index (χ2n) is 4.62. The predicted octanol–water partition coefficient (Wildman–Crippen LogP) is 2.65. The van der Waals surface area contributed by atoms with Crippen LogP contribution in [0.2, 0.25) is 0 Å². The van der Waals surface area contributed by atoms with E-state index in [0.29, 0.717) is 6.54 Å². The molecule has 19 heavy (non-hydrogen) atoms. The van der Waals surface area contributed by atoms with Gasteiger partial charge in [-0.05, 0) is 36.4 Å². The highest BCUT2D eigenvalue weighted by Crippen LogP contribution is 2.24. The maximum Gasteiger partial charge on any atom is 0.217 e. The van der Waals surface area contributed by atoms with Gasteiger partial charge in [-0.3, -0.25) is 4.79 Å². The molecule has 1 N–H and O–H groups in total. The largest absolute Gasteiger partial charge is 0.459 e. The van der Waals surface area contributed by atoms with Gasteiger partial charge in [0.05, 0.1) is 6.54 Å². The maximum absolute atomic E-state index is 10.8. The second kappa shape index (κ2) is 5.61. The molecule has 4 nitrogen and oxygen atoms in total. The van der Waals surface area contributed by atoms with Crippen LogP contribution in [0.3, 0.4) is 0 Å². The first kappa shape index (κ1) is 13.2. The monoisotopic (exact) mass is 258 g/mol. The Hall–Kier alpha value is -2.23. The summed E-state index contributed by atoms with van der Waals surface area (Å²) in [7, 11) is 4.01. The Balaban J connectivity index is 2.11. The van der Waals surface area contributed by atoms with Crippen molar-refractivity contribution in [2.24, 2.45) is 0 Å². The van der Waals surface area contributed by atoms with Crippen molar-refractivity contribution in [3.63, 3.8) is 0 Å². The smallest absolute Gasteiger partial charge is 0.217 e. The van der Waals surface area contributed by atoms with E-state index in [1.807, 2.05) is 55.4 Å². The molecule has 1 amide bonds. The number of hydrogen-bond acceptors (Lipinski definition) is 3. The highest BCUT2D eigenvalue weighted by molar-refractivity contribution is 5.72. The van der Waals surface area contributed by atoms with E-state index in [1.54, 1.807) is 0 Å². The number of carbonyl (C=O) groups excluding carboxylic acids is 1. The van der Waals surface area contributed by atoms with Crippen molar-refractivity contribution in [2.45, 2.75) is 13.5 Å². The highest BCUT2D eigenvalue weighted by atomic mass is 16.3. The quantitative estimate of drug-likeness (QED) is 0.917. The summed E-state index contributed by atoms with van der Waals surface area (Å²) in [5.74, 6) is 1.50. The number of rotatable bonds is 4. The second-order valence-corrected chi connectivity index (χ2v) is 4.62. The van der Waals surface area contributed by atoms with Crippen molar-refractivity contribution in [1.29, 1.82) is 0 Å². The van der Waals surface area contributed by atoms with Gasteiger partial charge in [0.15, 0.2) is 0 Å². The van der Waals surface area contributed by atoms with Gasteiger partial charge in [0.1, 0.15) is 11.5 Å². The minimum absolute atomic E-state index is 0.0618. The summed E-state index contributed by atoms with van der Waals surface area (Å²) in [5, 5.41) is 2.71. The molecule has 0 aliphatic heterocycles. The van der Waals surface area contributed by atoms with E-state index in [-0.39, 0.29) is 5.91 Å². The molecule has 0 radical (unpaired) electrons. The first-order chi connectivity index (χ1) is 9.06. The number of nitrogens with zero attached hydrogens (tertiary/aromatic N) is 1. The third kappa shape index (κ3) is 3.37. The molecule has 100 valence electrons. The van der Waals surface area contributed by atoms with E-state index < -0.39 is 0 Å². The lowest BCUT2D eigenvalue weighted by Crippen LogP contribution is -2.18. The Morgan fingerprint density at radius 1 is 1.16 bits per heavy atom. The minimum Gasteiger partial charge on any atom is -0.459 e. The maximum atomic E-state index is 10.8. The Labute approximate surface area is 113 Å². The Morgan fingerprint density at radius 2 is 1.84 bits per heavy atom. The van der Waals surface area contributed by atoms with E-state index in [2.05, 4.69) is 5.32 Å². The highest BCUT2D eigenvalue weighted by Gasteiger charge is 2.05. The molecular weight excluding hydrogens is 240 g/mol. The predicted molar refractivity (Wildman–Crippen MR) is 76.0 cm³/mol. The number of hydrogen-bond donors (Lipinski definition) is 1. The standard InChI is InChI=1S/C15H18N2O2/c1-11(18)16-10-14-8-9-15(19-14)12-4-6-13(7-5-12)17(2)3/h4-9H,10H2,1-3H3,(H,16,18). The van der Waals surface area contributed by atoms with Crippen molar-refractivity contribution >= 4 is 11.6 Å². The van der Waals surface area contributed by atoms with Crippen LogP contribution in [0.25, 0.3) is 11.3 Å². The molecule has 0 spiro atoms. The normalized spacial score (nSPS) is 10.3. The first-order valence-electron chi connectivity index (χ1n) is 6.17. The van der Waals surface area contributed by atoms with Gasteiger partial charge in [-0.15, -0.1) is 0 Å². The van der Waals surface area contributed by atoms with Gasteiger partial charge < -0.3 is 14.6 Å². The molecule has 1 aromatic carbocycles. The SMILES string of the molecule is CC(=O)NCc1ccc(-c2ccc(N(C)C)cc2)o1. The summed E-state index contributed by atoms with van der Waals surface area (Å²) >= 11 is 0. The molecule has 2 rings (SSSR count). The fourth-order valence-electron chi connectivity index (χ4n) is 1.76. The molecule has 0 atom stereocenters. The molecule has 0 aliphatic carbocycles. The van der Waals surface area contributed by atoms with Gasteiger partial charge in [0, 0.05) is 32.3 Å². The third-order valence-electron chi connectivity index (χ3n) is 2.84. The van der Waals surface area contributed by atoms with Crippen molar-refractivity contribution in [2.75, 3.05) is 19.0 Å². The van der Waals surface area contributed by atoms with Gasteiger partial charge >= 0.3 is 0 Å². The summed E-state index contributed by atoms with van der Waals surface area (Å²) in [6, 6.07) is 11.9. The van der Waals surface area contributed by atoms with E-state index in [1.165, 1.54) is 6.92 Å². The van der Waals surface area contributed by atoms with E-state index in [4.69, 9.17) is 4.42 Å². The van der Waals surface area contributed by atoms with Crippen molar-refractivity contribution in [3.8, 4) is 11.3 Å². The average Bonchev–Trinajstić information content (AvgIpc) is 2.85. The summed E-state index contributed by atoms with van der Waals surface area (Å²) in [5.41, 5.74) is 2.17. The Morgan fingerprint density at radius 3 is 2.42 bits per heavy atom. The zero-order valence-corrected chi connectivity index (χ0v) is 11.4. The molecule has 0 bridgehead atoms. The summed E-state index contributed by atoms with van der Waals surface area (Å²) in [6.07, 6.45) is 0. The molecule has 0 saturated carbocycles. The van der Waals surface area contributed by atoms with Crippen LogP contribution in [0.1, 0.15) is 12.7 Å². The van der Waals surface area contributed by atoms with Crippen LogP contribution >= 0.6 is 0 Å². The van der Waals surface area contributed by atoms with Crippen LogP contribution in [0, 0.1) is 0 Å². The van der Waals surface area contributed by atoms with Crippen LogP contribution in [0.15, 0.2) is 40.8 Å². The average molecular weight is 258 g/mol. The number of carbonyl (C=O) groups is 1. The van der Waals surface area contributed by atoms with Crippen molar-refractivity contribution < 1.29 is 9.21 Å². The molecule has 1 heterocycles. The van der Waals surface area contributed by atoms with E-state index in [9.17, 15) is 4.79 Å². The van der Waals surface area contributed by atoms with Crippen LogP contribution in [0.5, 0.6) is 0 Å². The zero-order chi connectivity index (χ0) is 13.8. The Kier molecular flexibility index (Phi) is 3.90. The van der Waals surface area contributed by atoms with Gasteiger partial charge in [-0.1, -0.05) is 0 Å². The lowest BCUT2D eigenvalue weighted by molar-refractivity contribution is -0.119. The molecule has 4 heteroatoms. The van der Waals surface area contributed by atoms with Crippen LogP contribution in [0.4, 0.5) is 5.69 Å². The zero-order valence-electron chi connectivity index (χ0n) is 11.4. The molecule has 0 unspecified atom stereocenters. The van der Waals surface area contributed by atoms with Crippen molar-refractivity contribution in [3.05, 3.63) is 42.2 Å². The molecular formula is C15H18N2O2. The van der Waals surface area contributed by atoms with Crippen molar-refractivity contribution in [1.82, 2.24) is 5.32 Å². The summed E-state index contributed by atoms with van der Waals surface area (Å²) in [6.45, 7) is 1.91. The number of benzene rings is 1. The first-order valence-corrected chi connectivity index (χ1v) is 6.17. The summed E-state index contributed by atoms with van der Waals surface area (Å²) < 4.78 is 5.69. The molecule has 0 saturated heterocycles. The van der Waals surface area contributed by atoms with Gasteiger partial charge in [0.25, 0.3) is 0 Å². The number of nitrogens with one attached hydrogen (secondary N) is 1. The van der Waals surface area contributed by atoms with Crippen LogP contribution in [-0.2, 0) is 11.3 Å². The van der Waals surface area contributed by atoms with E-state index in [0.717, 1.165) is 22.8 Å². The lowest BCUT2D eigenvalue weighted by atomic mass is 10.1. The van der Waals surface area contributed by atoms with Crippen LogP contribution in [-0.4, -0.2) is 20.0 Å². The van der Waals surface area contributed by atoms with Crippen LogP contribution < -0.4 is 10.2 Å². The topological polar surface area (TPSA) is 45.5 Å². The van der Waals surface area contributed by atoms with Gasteiger partial charge in [0.2, 0.25) is 5.91 Å². The molecule has 0 aliphatic rings. The molecule has 1 aromatic heterocycles. The third-order valence-corrected chi connectivity index (χ3v) is 2.84. The summed E-state index contributed by atoms with van der Waals surface area (Å²) in [4.78, 5) is 12.9. The van der Waals surface area contributed by atoms with Gasteiger partial charge in [-0.25, -0.2) is 0 Å². The minimum atomic E-state index is -0.0618. The number of furan rings is 1. The lowest BCUT2D eigenvalue weighted by Gasteiger charge is -2.12. The van der Waals surface area contributed by atoms with Gasteiger partial charge in [-0.2, -0.15) is 0 Å². The van der Waals surface area contributed by atoms with E-state index >= 15 is 0 Å². The Bertz CT molecular complexity index is 556. The molecule has 0 fully saturated rings. The number of amides is 1. The fourth-order valence-corrected chi connectivity index (χ4v) is 1.76.